The van der Waals surface area contributed by atoms with Crippen LogP contribution >= 0.6 is 0 Å². The molecule has 5 saturated carbocycles. The van der Waals surface area contributed by atoms with E-state index >= 15 is 0 Å². The second kappa shape index (κ2) is 12.8. The van der Waals surface area contributed by atoms with Crippen LogP contribution in [0.25, 0.3) is 0 Å². The lowest BCUT2D eigenvalue weighted by Crippen LogP contribution is -2.60. The van der Waals surface area contributed by atoms with E-state index in [0.29, 0.717) is 55.2 Å². The van der Waals surface area contributed by atoms with Crippen molar-refractivity contribution in [3.8, 4) is 0 Å². The zero-order valence-electron chi connectivity index (χ0n) is 33.8. The summed E-state index contributed by atoms with van der Waals surface area (Å²) in [6.07, 6.45) is 8.86. The van der Waals surface area contributed by atoms with Crippen LogP contribution in [0.2, 0.25) is 0 Å². The van der Waals surface area contributed by atoms with Gasteiger partial charge in [-0.3, -0.25) is 4.79 Å². The lowest BCUT2D eigenvalue weighted by atomic mass is 9.41. The smallest absolute Gasteiger partial charge is 0.410 e. The summed E-state index contributed by atoms with van der Waals surface area (Å²) in [6.45, 7) is 23.9. The number of fused-ring (bicyclic) bond motifs is 4. The first kappa shape index (κ1) is 37.5. The van der Waals surface area contributed by atoms with Crippen LogP contribution in [0.4, 0.5) is 4.79 Å². The minimum atomic E-state index is -0.541. The van der Waals surface area contributed by atoms with Gasteiger partial charge in [-0.15, -0.1) is 0 Å². The fourth-order valence-corrected chi connectivity index (χ4v) is 14.7. The van der Waals surface area contributed by atoms with Crippen molar-refractivity contribution in [2.45, 2.75) is 163 Å². The highest BCUT2D eigenvalue weighted by Gasteiger charge is 2.84. The molecule has 2 spiro atoms. The standard InChI is InChI=1S/C43H70N2O7/c1-25(2)21-32(46)45-19-20-49-33(23-45)51-31-13-14-42-24-43(42)16-15-40(8)34-27(5)22-28(35(26(3)4)52-38(48)44-17-10-18-44)50-36(34)37(47)41(40,9)30(43)12-11-29(42)39(31,6)7/h25-31,33-37,47H,10-24H2,1-9H3/t27-,28?,29+,30?,31?,33?,34+,35-,36?,37+,40-,41-,42-,43+/m1/s1. The Morgan fingerprint density at radius 3 is 2.31 bits per heavy atom. The number of aliphatic hydroxyl groups excluding tert-OH is 1. The molecular weight excluding hydrogens is 656 g/mol. The van der Waals surface area contributed by atoms with Crippen molar-refractivity contribution in [2.75, 3.05) is 32.8 Å². The molecule has 2 amide bonds. The number of ether oxygens (including phenoxy) is 4. The summed E-state index contributed by atoms with van der Waals surface area (Å²) in [5.41, 5.74) is 0.307. The highest BCUT2D eigenvalue weighted by atomic mass is 16.7. The number of nitrogens with zero attached hydrogens (tertiary/aromatic N) is 2. The maximum atomic E-state index is 13.0. The number of amides is 2. The normalized spacial score (nSPS) is 48.1. The van der Waals surface area contributed by atoms with Gasteiger partial charge in [0.1, 0.15) is 6.10 Å². The van der Waals surface area contributed by atoms with Gasteiger partial charge in [-0.25, -0.2) is 4.79 Å². The Kier molecular flexibility index (Phi) is 9.24. The van der Waals surface area contributed by atoms with Crippen molar-refractivity contribution < 1.29 is 33.6 Å². The van der Waals surface area contributed by atoms with Gasteiger partial charge in [0.25, 0.3) is 0 Å². The Morgan fingerprint density at radius 1 is 0.923 bits per heavy atom. The molecule has 3 aliphatic heterocycles. The van der Waals surface area contributed by atoms with Crippen LogP contribution in [0.3, 0.4) is 0 Å². The molecule has 8 aliphatic rings. The number of carbonyl (C=O) groups excluding carboxylic acids is 2. The highest BCUT2D eigenvalue weighted by molar-refractivity contribution is 5.76. The molecule has 0 radical (unpaired) electrons. The number of hydrogen-bond acceptors (Lipinski definition) is 7. The lowest BCUT2D eigenvalue weighted by molar-refractivity contribution is -0.248. The summed E-state index contributed by atoms with van der Waals surface area (Å²) in [5.74, 6) is 2.38. The fourth-order valence-electron chi connectivity index (χ4n) is 14.7. The van der Waals surface area contributed by atoms with E-state index in [-0.39, 0.29) is 76.2 Å². The average molecular weight is 727 g/mol. The summed E-state index contributed by atoms with van der Waals surface area (Å²) in [5, 5.41) is 12.7. The first-order chi connectivity index (χ1) is 24.5. The molecule has 0 bridgehead atoms. The maximum absolute atomic E-state index is 13.0. The summed E-state index contributed by atoms with van der Waals surface area (Å²) in [6, 6.07) is 0. The van der Waals surface area contributed by atoms with Gasteiger partial charge >= 0.3 is 6.09 Å². The van der Waals surface area contributed by atoms with E-state index in [1.54, 1.807) is 4.90 Å². The monoisotopic (exact) mass is 727 g/mol. The van der Waals surface area contributed by atoms with Gasteiger partial charge in [-0.05, 0) is 115 Å². The van der Waals surface area contributed by atoms with Crippen LogP contribution in [0.5, 0.6) is 0 Å². The summed E-state index contributed by atoms with van der Waals surface area (Å²) < 4.78 is 26.2. The Balaban J connectivity index is 0.994. The molecule has 52 heavy (non-hydrogen) atoms. The number of hydrogen-bond donors (Lipinski definition) is 1. The van der Waals surface area contributed by atoms with Gasteiger partial charge in [0.05, 0.1) is 37.6 Å². The molecule has 5 aliphatic carbocycles. The Bertz CT molecular complexity index is 1400. The predicted octanol–water partition coefficient (Wildman–Crippen LogP) is 7.28. The van der Waals surface area contributed by atoms with Crippen LogP contribution in [0.1, 0.15) is 127 Å². The van der Waals surface area contributed by atoms with Crippen molar-refractivity contribution in [2.24, 2.45) is 62.6 Å². The third-order valence-electron chi connectivity index (χ3n) is 17.4. The zero-order valence-corrected chi connectivity index (χ0v) is 33.8. The van der Waals surface area contributed by atoms with E-state index in [1.807, 2.05) is 4.90 Å². The molecule has 14 atom stereocenters. The molecule has 3 heterocycles. The van der Waals surface area contributed by atoms with Crippen molar-refractivity contribution in [1.82, 2.24) is 9.80 Å². The summed E-state index contributed by atoms with van der Waals surface area (Å²) in [4.78, 5) is 29.6. The first-order valence-electron chi connectivity index (χ1n) is 21.3. The molecule has 9 heteroatoms. The molecule has 294 valence electrons. The van der Waals surface area contributed by atoms with Crippen LogP contribution in [0.15, 0.2) is 0 Å². The molecule has 8 rings (SSSR count). The Hall–Kier alpha value is -1.42. The maximum Gasteiger partial charge on any atom is 0.410 e. The minimum Gasteiger partial charge on any atom is -0.443 e. The largest absolute Gasteiger partial charge is 0.443 e. The van der Waals surface area contributed by atoms with E-state index in [1.165, 1.54) is 25.7 Å². The van der Waals surface area contributed by atoms with Gasteiger partial charge in [-0.2, -0.15) is 0 Å². The number of likely N-dealkylation sites (tertiary alicyclic amines) is 1. The van der Waals surface area contributed by atoms with Crippen molar-refractivity contribution in [1.29, 1.82) is 0 Å². The molecular formula is C43H70N2O7. The van der Waals surface area contributed by atoms with Gasteiger partial charge in [-0.1, -0.05) is 62.3 Å². The minimum absolute atomic E-state index is 0.00553. The van der Waals surface area contributed by atoms with E-state index in [9.17, 15) is 14.7 Å². The van der Waals surface area contributed by atoms with Crippen LogP contribution < -0.4 is 0 Å². The van der Waals surface area contributed by atoms with Gasteiger partial charge in [0.2, 0.25) is 5.91 Å². The molecule has 0 aromatic heterocycles. The molecule has 9 nitrogen and oxygen atoms in total. The zero-order chi connectivity index (χ0) is 37.2. The number of carbonyl (C=O) groups is 2. The van der Waals surface area contributed by atoms with Gasteiger partial charge in [0, 0.05) is 31.5 Å². The highest BCUT2D eigenvalue weighted by Crippen LogP contribution is 2.89. The van der Waals surface area contributed by atoms with E-state index < -0.39 is 6.10 Å². The van der Waals surface area contributed by atoms with Crippen LogP contribution in [-0.4, -0.2) is 96.5 Å². The second-order valence-electron chi connectivity index (χ2n) is 20.9. The molecule has 3 saturated heterocycles. The number of morpholine rings is 1. The van der Waals surface area contributed by atoms with Gasteiger partial charge < -0.3 is 33.9 Å². The lowest BCUT2D eigenvalue weighted by Gasteiger charge is -2.64. The summed E-state index contributed by atoms with van der Waals surface area (Å²) >= 11 is 0. The predicted molar refractivity (Wildman–Crippen MR) is 198 cm³/mol. The van der Waals surface area contributed by atoms with Crippen LogP contribution in [-0.2, 0) is 23.7 Å². The molecule has 5 unspecified atom stereocenters. The van der Waals surface area contributed by atoms with E-state index in [4.69, 9.17) is 18.9 Å². The molecule has 1 N–H and O–H groups in total. The van der Waals surface area contributed by atoms with E-state index in [2.05, 4.69) is 62.3 Å². The molecule has 0 aromatic rings. The van der Waals surface area contributed by atoms with E-state index in [0.717, 1.165) is 45.2 Å². The van der Waals surface area contributed by atoms with Gasteiger partial charge in [0.15, 0.2) is 6.29 Å². The van der Waals surface area contributed by atoms with Crippen molar-refractivity contribution in [3.05, 3.63) is 0 Å². The van der Waals surface area contributed by atoms with Crippen molar-refractivity contribution >= 4 is 12.0 Å². The topological polar surface area (TPSA) is 97.8 Å². The van der Waals surface area contributed by atoms with Crippen LogP contribution in [0, 0.1) is 62.6 Å². The SMILES string of the molecule is CC(C)CC(=O)N1CCOC(OC2CC[C@]34C[C@]35CC[C@]3(C)[C@@H]6C(OC([C@H](OC(=O)N7CCC7)C(C)C)C[C@H]6C)[C@H](O)[C@@]3(C)C5CC[C@H]4C2(C)C)C1. The number of aliphatic hydroxyl groups is 1. The number of rotatable bonds is 7. The Labute approximate surface area is 313 Å². The quantitative estimate of drug-likeness (QED) is 0.295. The third-order valence-corrected chi connectivity index (χ3v) is 17.4. The molecule has 0 aromatic carbocycles. The van der Waals surface area contributed by atoms with Crippen molar-refractivity contribution in [3.63, 3.8) is 0 Å². The summed E-state index contributed by atoms with van der Waals surface area (Å²) in [7, 11) is 0. The Morgan fingerprint density at radius 2 is 1.63 bits per heavy atom. The average Bonchev–Trinajstić information content (AvgIpc) is 3.68. The third kappa shape index (κ3) is 5.26. The fraction of sp³-hybridized carbons (Fsp3) is 0.953. The molecule has 8 fully saturated rings. The second-order valence-corrected chi connectivity index (χ2v) is 20.9. The first-order valence-corrected chi connectivity index (χ1v) is 21.3.